The van der Waals surface area contributed by atoms with Gasteiger partial charge in [0.2, 0.25) is 5.89 Å². The lowest BCUT2D eigenvalue weighted by atomic mass is 10.2. The Morgan fingerprint density at radius 2 is 2.17 bits per heavy atom. The van der Waals surface area contributed by atoms with E-state index in [4.69, 9.17) is 14.9 Å². The monoisotopic (exact) mass is 334 g/mol. The second-order valence-electron chi connectivity index (χ2n) is 5.15. The molecule has 0 saturated carbocycles. The first-order valence-corrected chi connectivity index (χ1v) is 8.01. The molecule has 0 radical (unpaired) electrons. The van der Waals surface area contributed by atoms with Gasteiger partial charge in [-0.1, -0.05) is 0 Å². The maximum atomic E-state index is 12.9. The molecule has 0 unspecified atom stereocenters. The summed E-state index contributed by atoms with van der Waals surface area (Å²) in [5.74, 6) is 0.599. The van der Waals surface area contributed by atoms with Gasteiger partial charge in [0.1, 0.15) is 12.1 Å². The Bertz CT molecular complexity index is 640. The summed E-state index contributed by atoms with van der Waals surface area (Å²) < 4.78 is 23.6. The summed E-state index contributed by atoms with van der Waals surface area (Å²) in [6.07, 6.45) is 3.09. The Balaban J connectivity index is 1.73. The molecule has 24 heavy (non-hydrogen) atoms. The normalized spacial score (nSPS) is 11.7. The summed E-state index contributed by atoms with van der Waals surface area (Å²) in [5.41, 5.74) is 7.32. The minimum Gasteiger partial charge on any atom is -0.444 e. The van der Waals surface area contributed by atoms with Gasteiger partial charge in [-0.15, -0.1) is 0 Å². The van der Waals surface area contributed by atoms with Gasteiger partial charge in [0.05, 0.1) is 5.69 Å². The van der Waals surface area contributed by atoms with Crippen LogP contribution in [0.1, 0.15) is 19.0 Å². The minimum atomic E-state index is -0.286. The van der Waals surface area contributed by atoms with Gasteiger partial charge in [-0.2, -0.15) is 0 Å². The van der Waals surface area contributed by atoms with E-state index in [1.165, 1.54) is 12.1 Å². The van der Waals surface area contributed by atoms with E-state index in [9.17, 15) is 4.39 Å². The van der Waals surface area contributed by atoms with E-state index >= 15 is 0 Å². The van der Waals surface area contributed by atoms with Crippen molar-refractivity contribution in [3.05, 3.63) is 42.0 Å². The molecule has 3 N–H and O–H groups in total. The zero-order valence-corrected chi connectivity index (χ0v) is 13.8. The quantitative estimate of drug-likeness (QED) is 0.418. The smallest absolute Gasteiger partial charge is 0.226 e. The molecule has 2 aromatic rings. The van der Waals surface area contributed by atoms with Crippen LogP contribution in [0.25, 0.3) is 11.5 Å². The van der Waals surface area contributed by atoms with Crippen LogP contribution in [0.2, 0.25) is 0 Å². The van der Waals surface area contributed by atoms with Crippen LogP contribution in [0.3, 0.4) is 0 Å². The molecule has 0 fully saturated rings. The topological polar surface area (TPSA) is 85.7 Å². The van der Waals surface area contributed by atoms with Crippen LogP contribution in [0, 0.1) is 5.82 Å². The number of benzene rings is 1. The van der Waals surface area contributed by atoms with E-state index in [0.29, 0.717) is 38.0 Å². The third kappa shape index (κ3) is 6.00. The van der Waals surface area contributed by atoms with Gasteiger partial charge >= 0.3 is 0 Å². The number of aromatic nitrogens is 1. The molecule has 0 spiro atoms. The molecule has 1 aromatic heterocycles. The van der Waals surface area contributed by atoms with Crippen LogP contribution in [-0.2, 0) is 11.2 Å². The molecule has 0 bridgehead atoms. The molecule has 7 heteroatoms. The van der Waals surface area contributed by atoms with Gasteiger partial charge in [0, 0.05) is 38.3 Å². The van der Waals surface area contributed by atoms with Crippen molar-refractivity contribution < 1.29 is 13.5 Å². The Morgan fingerprint density at radius 3 is 2.92 bits per heavy atom. The lowest BCUT2D eigenvalue weighted by Crippen LogP contribution is -2.33. The van der Waals surface area contributed by atoms with Crippen molar-refractivity contribution in [3.8, 4) is 11.5 Å². The van der Waals surface area contributed by atoms with E-state index in [-0.39, 0.29) is 5.82 Å². The third-order valence-corrected chi connectivity index (χ3v) is 3.26. The number of hydrogen-bond acceptors (Lipinski definition) is 4. The molecule has 6 nitrogen and oxygen atoms in total. The number of ether oxygens (including phenoxy) is 1. The van der Waals surface area contributed by atoms with Gasteiger partial charge in [0.25, 0.3) is 0 Å². The lowest BCUT2D eigenvalue weighted by Gasteiger charge is -2.04. The lowest BCUT2D eigenvalue weighted by molar-refractivity contribution is 0.146. The molecule has 0 aliphatic carbocycles. The second-order valence-corrected chi connectivity index (χ2v) is 5.15. The highest BCUT2D eigenvalue weighted by Gasteiger charge is 2.06. The number of halogens is 1. The van der Waals surface area contributed by atoms with Crippen molar-refractivity contribution in [1.82, 2.24) is 10.3 Å². The maximum Gasteiger partial charge on any atom is 0.226 e. The number of nitrogens with two attached hydrogens (primary N) is 1. The zero-order chi connectivity index (χ0) is 17.2. The highest BCUT2D eigenvalue weighted by Crippen LogP contribution is 2.18. The summed E-state index contributed by atoms with van der Waals surface area (Å²) in [5, 5.41) is 3.03. The van der Waals surface area contributed by atoms with Crippen LogP contribution in [-0.4, -0.2) is 37.2 Å². The fourth-order valence-electron chi connectivity index (χ4n) is 2.03. The first kappa shape index (κ1) is 17.9. The standard InChI is InChI=1S/C17H23FN4O2/c1-2-23-11-3-9-20-17(19)21-10-8-15-12-24-16(22-15)13-4-6-14(18)7-5-13/h4-7,12H,2-3,8-11H2,1H3,(H3,19,20,21). The molecule has 1 heterocycles. The first-order chi connectivity index (χ1) is 11.7. The summed E-state index contributed by atoms with van der Waals surface area (Å²) >= 11 is 0. The summed E-state index contributed by atoms with van der Waals surface area (Å²) in [6, 6.07) is 6.03. The SMILES string of the molecule is CCOCCCN=C(N)NCCc1coc(-c2ccc(F)cc2)n1. The summed E-state index contributed by atoms with van der Waals surface area (Å²) in [4.78, 5) is 8.59. The summed E-state index contributed by atoms with van der Waals surface area (Å²) in [7, 11) is 0. The number of aliphatic imine (C=N–C) groups is 1. The second kappa shape index (κ2) is 9.67. The number of nitrogens with zero attached hydrogens (tertiary/aromatic N) is 2. The van der Waals surface area contributed by atoms with Crippen molar-refractivity contribution in [2.75, 3.05) is 26.3 Å². The average molecular weight is 334 g/mol. The van der Waals surface area contributed by atoms with Crippen molar-refractivity contribution in [2.45, 2.75) is 19.8 Å². The molecule has 0 aliphatic rings. The van der Waals surface area contributed by atoms with Gasteiger partial charge < -0.3 is 20.2 Å². The van der Waals surface area contributed by atoms with Crippen molar-refractivity contribution >= 4 is 5.96 Å². The average Bonchev–Trinajstić information content (AvgIpc) is 3.04. The third-order valence-electron chi connectivity index (χ3n) is 3.26. The minimum absolute atomic E-state index is 0.286. The summed E-state index contributed by atoms with van der Waals surface area (Å²) in [6.45, 7) is 4.62. The highest BCUT2D eigenvalue weighted by atomic mass is 19.1. The number of nitrogens with one attached hydrogen (secondary N) is 1. The Kier molecular flexibility index (Phi) is 7.22. The van der Waals surface area contributed by atoms with Gasteiger partial charge in [-0.3, -0.25) is 4.99 Å². The van der Waals surface area contributed by atoms with Gasteiger partial charge in [-0.05, 0) is 37.6 Å². The number of hydrogen-bond donors (Lipinski definition) is 2. The fourth-order valence-corrected chi connectivity index (χ4v) is 2.03. The molecule has 0 amide bonds. The molecular formula is C17H23FN4O2. The molecule has 1 aromatic carbocycles. The Morgan fingerprint density at radius 1 is 1.38 bits per heavy atom. The predicted molar refractivity (Wildman–Crippen MR) is 91.2 cm³/mol. The van der Waals surface area contributed by atoms with Gasteiger partial charge in [-0.25, -0.2) is 9.37 Å². The van der Waals surface area contributed by atoms with E-state index in [1.54, 1.807) is 18.4 Å². The highest BCUT2D eigenvalue weighted by molar-refractivity contribution is 5.77. The molecule has 0 saturated heterocycles. The molecule has 0 aliphatic heterocycles. The maximum absolute atomic E-state index is 12.9. The van der Waals surface area contributed by atoms with E-state index in [1.807, 2.05) is 6.92 Å². The molecule has 2 rings (SSSR count). The number of guanidine groups is 1. The Hall–Kier alpha value is -2.41. The van der Waals surface area contributed by atoms with Crippen LogP contribution in [0.5, 0.6) is 0 Å². The van der Waals surface area contributed by atoms with Crippen LogP contribution >= 0.6 is 0 Å². The van der Waals surface area contributed by atoms with E-state index in [0.717, 1.165) is 24.3 Å². The van der Waals surface area contributed by atoms with Crippen LogP contribution in [0.4, 0.5) is 4.39 Å². The largest absolute Gasteiger partial charge is 0.444 e. The number of rotatable bonds is 9. The number of oxazole rings is 1. The first-order valence-electron chi connectivity index (χ1n) is 8.01. The van der Waals surface area contributed by atoms with Gasteiger partial charge in [0.15, 0.2) is 5.96 Å². The van der Waals surface area contributed by atoms with E-state index < -0.39 is 0 Å². The van der Waals surface area contributed by atoms with Crippen LogP contribution < -0.4 is 11.1 Å². The molecular weight excluding hydrogens is 311 g/mol. The van der Waals surface area contributed by atoms with Crippen molar-refractivity contribution in [1.29, 1.82) is 0 Å². The van der Waals surface area contributed by atoms with Crippen molar-refractivity contribution in [2.24, 2.45) is 10.7 Å². The molecule has 0 atom stereocenters. The fraction of sp³-hybridized carbons (Fsp3) is 0.412. The van der Waals surface area contributed by atoms with Crippen molar-refractivity contribution in [3.63, 3.8) is 0 Å². The Labute approximate surface area is 140 Å². The van der Waals surface area contributed by atoms with Crippen LogP contribution in [0.15, 0.2) is 39.9 Å². The van der Waals surface area contributed by atoms with E-state index in [2.05, 4.69) is 15.3 Å². The zero-order valence-electron chi connectivity index (χ0n) is 13.8. The molecule has 130 valence electrons. The predicted octanol–water partition coefficient (Wildman–Crippen LogP) is 2.35.